The number of halogens is 2. The monoisotopic (exact) mass is 533 g/mol. The summed E-state index contributed by atoms with van der Waals surface area (Å²) >= 11 is 0. The number of nitrogens with one attached hydrogen (secondary N) is 2. The third kappa shape index (κ3) is 5.25. The van der Waals surface area contributed by atoms with Gasteiger partial charge in [0, 0.05) is 19.7 Å². The van der Waals surface area contributed by atoms with Gasteiger partial charge in [0.05, 0.1) is 46.7 Å². The summed E-state index contributed by atoms with van der Waals surface area (Å²) in [6.45, 7) is 1.38. The van der Waals surface area contributed by atoms with E-state index in [1.807, 2.05) is 11.6 Å². The fourth-order valence-corrected chi connectivity index (χ4v) is 3.82. The van der Waals surface area contributed by atoms with Crippen molar-refractivity contribution in [2.24, 2.45) is 14.1 Å². The van der Waals surface area contributed by atoms with Crippen molar-refractivity contribution in [3.05, 3.63) is 78.0 Å². The molecule has 0 aliphatic rings. The van der Waals surface area contributed by atoms with Crippen molar-refractivity contribution < 1.29 is 23.1 Å². The molecule has 198 valence electrons. The van der Waals surface area contributed by atoms with E-state index < -0.39 is 24.0 Å². The summed E-state index contributed by atoms with van der Waals surface area (Å²) in [5, 5.41) is 13.2. The van der Waals surface area contributed by atoms with Crippen molar-refractivity contribution in [3.8, 4) is 11.4 Å². The molecule has 0 radical (unpaired) electrons. The summed E-state index contributed by atoms with van der Waals surface area (Å²) in [5.74, 6) is -1.89. The summed E-state index contributed by atoms with van der Waals surface area (Å²) < 4.78 is 35.7. The molecular formula is C25H21F2N9O3. The third-order valence-corrected chi connectivity index (χ3v) is 5.85. The Balaban J connectivity index is 1.28. The molecular weight excluding hydrogens is 512 g/mol. The van der Waals surface area contributed by atoms with Gasteiger partial charge in [0.25, 0.3) is 5.91 Å². The topological polar surface area (TPSA) is 142 Å². The van der Waals surface area contributed by atoms with Crippen LogP contribution in [0.4, 0.5) is 25.1 Å². The van der Waals surface area contributed by atoms with E-state index in [0.29, 0.717) is 16.9 Å². The van der Waals surface area contributed by atoms with Gasteiger partial charge in [-0.15, -0.1) is 5.10 Å². The Morgan fingerprint density at radius 2 is 1.82 bits per heavy atom. The molecule has 4 heterocycles. The van der Waals surface area contributed by atoms with Crippen molar-refractivity contribution in [1.82, 2.24) is 34.5 Å². The summed E-state index contributed by atoms with van der Waals surface area (Å²) in [6.07, 6.45) is 1.76. The molecule has 4 aromatic heterocycles. The number of imidazole rings is 1. The number of ether oxygens (including phenoxy) is 1. The molecule has 5 rings (SSSR count). The maximum atomic E-state index is 13.9. The first-order valence-corrected chi connectivity index (χ1v) is 11.6. The quantitative estimate of drug-likeness (QED) is 0.312. The van der Waals surface area contributed by atoms with Crippen LogP contribution in [0.1, 0.15) is 28.9 Å². The number of hydrogen-bond acceptors (Lipinski definition) is 8. The molecule has 39 heavy (non-hydrogen) atoms. The van der Waals surface area contributed by atoms with Crippen LogP contribution < -0.4 is 10.6 Å². The number of rotatable bonds is 6. The smallest absolute Gasteiger partial charge is 0.413 e. The van der Waals surface area contributed by atoms with Crippen molar-refractivity contribution in [2.45, 2.75) is 13.0 Å². The standard InChI is InChI=1S/C25H21F2N9O3/c1-13(17-9-15(26)10-29-22(17)27)39-25(38)32-23-21(33-34-36(23)3)19-7-5-16(11-28-19)31-24(37)14-4-6-18-20(8-14)35(2)12-30-18/h4-13H,1-3H3,(H,31,37)(H,32,38)/t13-/m1/s1. The largest absolute Gasteiger partial charge is 0.441 e. The first-order valence-electron chi connectivity index (χ1n) is 11.6. The van der Waals surface area contributed by atoms with Crippen LogP contribution in [0.15, 0.2) is 55.1 Å². The van der Waals surface area contributed by atoms with Crippen LogP contribution in [0.5, 0.6) is 0 Å². The lowest BCUT2D eigenvalue weighted by Crippen LogP contribution is -2.19. The van der Waals surface area contributed by atoms with Crippen LogP contribution >= 0.6 is 0 Å². The van der Waals surface area contributed by atoms with Gasteiger partial charge in [-0.05, 0) is 43.3 Å². The highest BCUT2D eigenvalue weighted by Crippen LogP contribution is 2.26. The van der Waals surface area contributed by atoms with Gasteiger partial charge >= 0.3 is 6.09 Å². The number of amides is 2. The number of pyridine rings is 2. The Morgan fingerprint density at radius 1 is 1.00 bits per heavy atom. The van der Waals surface area contributed by atoms with Crippen LogP contribution in [-0.2, 0) is 18.8 Å². The molecule has 0 saturated carbocycles. The second-order valence-electron chi connectivity index (χ2n) is 8.56. The average molecular weight is 533 g/mol. The number of carbonyl (C=O) groups excluding carboxylic acids is 2. The lowest BCUT2D eigenvalue weighted by atomic mass is 10.2. The van der Waals surface area contributed by atoms with E-state index in [-0.39, 0.29) is 23.0 Å². The number of nitrogens with zero attached hydrogens (tertiary/aromatic N) is 7. The summed E-state index contributed by atoms with van der Waals surface area (Å²) in [4.78, 5) is 37.1. The highest BCUT2D eigenvalue weighted by atomic mass is 19.1. The van der Waals surface area contributed by atoms with Crippen molar-refractivity contribution >= 4 is 34.5 Å². The number of aromatic nitrogens is 7. The number of aryl methyl sites for hydroxylation is 2. The molecule has 5 aromatic rings. The van der Waals surface area contributed by atoms with E-state index in [1.165, 1.54) is 17.8 Å². The van der Waals surface area contributed by atoms with E-state index in [0.717, 1.165) is 23.3 Å². The van der Waals surface area contributed by atoms with E-state index in [4.69, 9.17) is 4.74 Å². The molecule has 0 unspecified atom stereocenters. The van der Waals surface area contributed by atoms with E-state index in [2.05, 4.69) is 35.9 Å². The SMILES string of the molecule is C[C@@H](OC(=O)Nc1c(-c2ccc(NC(=O)c3ccc4ncn(C)c4c3)cn2)nnn1C)c1cc(F)cnc1F. The highest BCUT2D eigenvalue weighted by Gasteiger charge is 2.21. The number of anilines is 2. The van der Waals surface area contributed by atoms with Gasteiger partial charge in [-0.25, -0.2) is 23.8 Å². The lowest BCUT2D eigenvalue weighted by Gasteiger charge is -2.15. The zero-order valence-corrected chi connectivity index (χ0v) is 20.9. The first kappa shape index (κ1) is 25.4. The third-order valence-electron chi connectivity index (χ3n) is 5.85. The van der Waals surface area contributed by atoms with Gasteiger partial charge in [0.1, 0.15) is 11.9 Å². The maximum Gasteiger partial charge on any atom is 0.413 e. The first-order chi connectivity index (χ1) is 18.7. The molecule has 12 nitrogen and oxygen atoms in total. The van der Waals surface area contributed by atoms with Gasteiger partial charge < -0.3 is 14.6 Å². The Labute approximate surface area is 219 Å². The van der Waals surface area contributed by atoms with Crippen molar-refractivity contribution in [1.29, 1.82) is 0 Å². The summed E-state index contributed by atoms with van der Waals surface area (Å²) in [5.41, 5.74) is 2.85. The van der Waals surface area contributed by atoms with Crippen molar-refractivity contribution in [3.63, 3.8) is 0 Å². The molecule has 0 aliphatic heterocycles. The van der Waals surface area contributed by atoms with Crippen LogP contribution in [0.25, 0.3) is 22.4 Å². The minimum absolute atomic E-state index is 0.152. The molecule has 0 spiro atoms. The van der Waals surface area contributed by atoms with E-state index >= 15 is 0 Å². The second kappa shape index (κ2) is 10.2. The van der Waals surface area contributed by atoms with Crippen LogP contribution in [0.2, 0.25) is 0 Å². The van der Waals surface area contributed by atoms with Crippen LogP contribution in [0.3, 0.4) is 0 Å². The fraction of sp³-hybridized carbons (Fsp3) is 0.160. The Morgan fingerprint density at radius 3 is 2.59 bits per heavy atom. The molecule has 1 atom stereocenters. The number of benzene rings is 1. The number of carbonyl (C=O) groups is 2. The second-order valence-corrected chi connectivity index (χ2v) is 8.56. The number of hydrogen-bond donors (Lipinski definition) is 2. The summed E-state index contributed by atoms with van der Waals surface area (Å²) in [7, 11) is 3.39. The Hall–Kier alpha value is -5.27. The average Bonchev–Trinajstić information content (AvgIpc) is 3.47. The molecule has 2 N–H and O–H groups in total. The van der Waals surface area contributed by atoms with E-state index in [1.54, 1.807) is 43.7 Å². The Bertz CT molecular complexity index is 1700. The predicted molar refractivity (Wildman–Crippen MR) is 136 cm³/mol. The van der Waals surface area contributed by atoms with Gasteiger partial charge in [-0.2, -0.15) is 4.39 Å². The Kier molecular flexibility index (Phi) is 6.66. The van der Waals surface area contributed by atoms with Gasteiger partial charge in [0.15, 0.2) is 11.5 Å². The molecule has 14 heteroatoms. The van der Waals surface area contributed by atoms with Gasteiger partial charge in [-0.1, -0.05) is 5.21 Å². The zero-order valence-electron chi connectivity index (χ0n) is 20.9. The minimum Gasteiger partial charge on any atom is -0.441 e. The molecule has 2 amide bonds. The molecule has 0 saturated heterocycles. The van der Waals surface area contributed by atoms with E-state index in [9.17, 15) is 18.4 Å². The van der Waals surface area contributed by atoms with Gasteiger partial charge in [0.2, 0.25) is 5.95 Å². The highest BCUT2D eigenvalue weighted by molar-refractivity contribution is 6.06. The predicted octanol–water partition coefficient (Wildman–Crippen LogP) is 4.00. The van der Waals surface area contributed by atoms with Crippen LogP contribution in [-0.4, -0.2) is 46.5 Å². The minimum atomic E-state index is -1.13. The van der Waals surface area contributed by atoms with Crippen LogP contribution in [0, 0.1) is 11.8 Å². The lowest BCUT2D eigenvalue weighted by molar-refractivity contribution is 0.102. The molecule has 0 aliphatic carbocycles. The number of fused-ring (bicyclic) bond motifs is 1. The zero-order chi connectivity index (χ0) is 27.7. The fourth-order valence-electron chi connectivity index (χ4n) is 3.82. The van der Waals surface area contributed by atoms with Crippen molar-refractivity contribution in [2.75, 3.05) is 10.6 Å². The normalized spacial score (nSPS) is 11.8. The molecule has 0 fully saturated rings. The summed E-state index contributed by atoms with van der Waals surface area (Å²) in [6, 6.07) is 9.32. The van der Waals surface area contributed by atoms with Gasteiger partial charge in [-0.3, -0.25) is 15.1 Å². The molecule has 0 bridgehead atoms. The molecule has 1 aromatic carbocycles. The maximum absolute atomic E-state index is 13.9.